The van der Waals surface area contributed by atoms with Gasteiger partial charge in [0.05, 0.1) is 5.69 Å². The number of pyridine rings is 1. The van der Waals surface area contributed by atoms with Gasteiger partial charge in [-0.3, -0.25) is 9.88 Å². The van der Waals surface area contributed by atoms with E-state index in [4.69, 9.17) is 0 Å². The van der Waals surface area contributed by atoms with Crippen molar-refractivity contribution in [3.8, 4) is 0 Å². The maximum Gasteiger partial charge on any atom is 0.0573 e. The highest BCUT2D eigenvalue weighted by molar-refractivity contribution is 5.17. The Balaban J connectivity index is 1.99. The van der Waals surface area contributed by atoms with E-state index < -0.39 is 0 Å². The molecule has 0 spiro atoms. The number of rotatable bonds is 2. The summed E-state index contributed by atoms with van der Waals surface area (Å²) in [6.07, 6.45) is 1.87. The van der Waals surface area contributed by atoms with Gasteiger partial charge in [-0.1, -0.05) is 6.07 Å². The first-order chi connectivity index (χ1) is 6.86. The fraction of sp³-hybridized carbons (Fsp3) is 0.545. The molecule has 3 nitrogen and oxygen atoms in total. The van der Waals surface area contributed by atoms with Gasteiger partial charge in [-0.2, -0.15) is 0 Å². The summed E-state index contributed by atoms with van der Waals surface area (Å²) in [5.74, 6) is 0. The Labute approximate surface area is 85.1 Å². The predicted molar refractivity (Wildman–Crippen MR) is 56.1 cm³/mol. The molecule has 1 radical (unpaired) electrons. The van der Waals surface area contributed by atoms with Gasteiger partial charge in [-0.15, -0.1) is 0 Å². The fourth-order valence-corrected chi connectivity index (χ4v) is 1.70. The molecule has 14 heavy (non-hydrogen) atoms. The van der Waals surface area contributed by atoms with Crippen molar-refractivity contribution < 1.29 is 0 Å². The minimum atomic E-state index is 0.974. The van der Waals surface area contributed by atoms with Gasteiger partial charge >= 0.3 is 0 Å². The molecule has 3 heteroatoms. The molecule has 1 aliphatic rings. The van der Waals surface area contributed by atoms with E-state index in [2.05, 4.69) is 28.2 Å². The lowest BCUT2D eigenvalue weighted by molar-refractivity contribution is 0.228. The molecule has 0 saturated carbocycles. The number of nitrogens with zero attached hydrogens (tertiary/aromatic N) is 3. The van der Waals surface area contributed by atoms with Crippen molar-refractivity contribution >= 4 is 0 Å². The summed E-state index contributed by atoms with van der Waals surface area (Å²) in [6, 6.07) is 4.11. The van der Waals surface area contributed by atoms with Crippen LogP contribution in [-0.4, -0.2) is 36.1 Å². The number of aryl methyl sites for hydroxylation is 1. The number of aromatic nitrogens is 1. The van der Waals surface area contributed by atoms with E-state index in [1.807, 2.05) is 12.3 Å². The molecular formula is C11H16N3. The Kier molecular flexibility index (Phi) is 3.11. The van der Waals surface area contributed by atoms with Gasteiger partial charge in [-0.05, 0) is 18.6 Å². The van der Waals surface area contributed by atoms with E-state index in [9.17, 15) is 0 Å². The quantitative estimate of drug-likeness (QED) is 0.691. The summed E-state index contributed by atoms with van der Waals surface area (Å²) >= 11 is 0. The molecule has 1 aromatic heterocycles. The highest BCUT2D eigenvalue weighted by Crippen LogP contribution is 2.07. The van der Waals surface area contributed by atoms with Crippen LogP contribution in [0.2, 0.25) is 0 Å². The van der Waals surface area contributed by atoms with Crippen LogP contribution in [0.25, 0.3) is 0 Å². The summed E-state index contributed by atoms with van der Waals surface area (Å²) < 4.78 is 0. The fourth-order valence-electron chi connectivity index (χ4n) is 1.70. The van der Waals surface area contributed by atoms with Crippen LogP contribution in [-0.2, 0) is 6.54 Å². The summed E-state index contributed by atoms with van der Waals surface area (Å²) in [6.45, 7) is 7.21. The molecule has 2 rings (SSSR count). The average molecular weight is 190 g/mol. The second-order valence-corrected chi connectivity index (χ2v) is 3.71. The van der Waals surface area contributed by atoms with E-state index in [0.29, 0.717) is 0 Å². The Morgan fingerprint density at radius 3 is 2.86 bits per heavy atom. The Bertz CT molecular complexity index is 292. The largest absolute Gasteiger partial charge is 0.295 e. The normalized spacial score (nSPS) is 18.4. The van der Waals surface area contributed by atoms with Gasteiger partial charge in [0.1, 0.15) is 0 Å². The molecule has 1 fully saturated rings. The van der Waals surface area contributed by atoms with Crippen LogP contribution in [0.4, 0.5) is 0 Å². The topological polar surface area (TPSA) is 30.2 Å². The SMILES string of the molecule is Cc1cccnc1CN1CC[N]CC1. The zero-order valence-electron chi connectivity index (χ0n) is 8.61. The van der Waals surface area contributed by atoms with Crippen molar-refractivity contribution in [1.29, 1.82) is 0 Å². The molecule has 0 amide bonds. The molecule has 0 aromatic carbocycles. The van der Waals surface area contributed by atoms with Crippen LogP contribution in [0.3, 0.4) is 0 Å². The summed E-state index contributed by atoms with van der Waals surface area (Å²) in [5, 5.41) is 4.33. The number of hydrogen-bond acceptors (Lipinski definition) is 2. The lowest BCUT2D eigenvalue weighted by atomic mass is 10.2. The molecular weight excluding hydrogens is 174 g/mol. The number of piperazine rings is 1. The minimum Gasteiger partial charge on any atom is -0.295 e. The average Bonchev–Trinajstić information content (AvgIpc) is 2.23. The van der Waals surface area contributed by atoms with Crippen molar-refractivity contribution in [2.75, 3.05) is 26.2 Å². The van der Waals surface area contributed by atoms with Gasteiger partial charge < -0.3 is 0 Å². The van der Waals surface area contributed by atoms with E-state index in [1.165, 1.54) is 11.3 Å². The van der Waals surface area contributed by atoms with E-state index >= 15 is 0 Å². The Hall–Kier alpha value is -0.930. The maximum atomic E-state index is 4.40. The third kappa shape index (κ3) is 2.30. The van der Waals surface area contributed by atoms with Crippen LogP contribution in [0.5, 0.6) is 0 Å². The summed E-state index contributed by atoms with van der Waals surface area (Å²) in [7, 11) is 0. The lowest BCUT2D eigenvalue weighted by Crippen LogP contribution is -2.39. The smallest absolute Gasteiger partial charge is 0.0573 e. The zero-order chi connectivity index (χ0) is 9.80. The molecule has 0 N–H and O–H groups in total. The van der Waals surface area contributed by atoms with Crippen molar-refractivity contribution in [3.05, 3.63) is 29.6 Å². The van der Waals surface area contributed by atoms with Crippen LogP contribution in [0.15, 0.2) is 18.3 Å². The summed E-state index contributed by atoms with van der Waals surface area (Å²) in [4.78, 5) is 6.82. The molecule has 75 valence electrons. The highest BCUT2D eigenvalue weighted by atomic mass is 15.2. The van der Waals surface area contributed by atoms with Crippen LogP contribution < -0.4 is 5.32 Å². The van der Waals surface area contributed by atoms with Gasteiger partial charge in [-0.25, -0.2) is 5.32 Å². The summed E-state index contributed by atoms with van der Waals surface area (Å²) in [5.41, 5.74) is 2.49. The van der Waals surface area contributed by atoms with Crippen molar-refractivity contribution in [1.82, 2.24) is 15.2 Å². The number of hydrogen-bond donors (Lipinski definition) is 0. The zero-order valence-corrected chi connectivity index (χ0v) is 8.61. The van der Waals surface area contributed by atoms with Crippen molar-refractivity contribution in [3.63, 3.8) is 0 Å². The van der Waals surface area contributed by atoms with E-state index in [0.717, 1.165) is 32.7 Å². The van der Waals surface area contributed by atoms with Crippen molar-refractivity contribution in [2.24, 2.45) is 0 Å². The first-order valence-corrected chi connectivity index (χ1v) is 5.12. The van der Waals surface area contributed by atoms with Crippen LogP contribution in [0.1, 0.15) is 11.3 Å². The third-order valence-electron chi connectivity index (χ3n) is 2.64. The van der Waals surface area contributed by atoms with E-state index in [-0.39, 0.29) is 0 Å². The molecule has 1 aliphatic heterocycles. The van der Waals surface area contributed by atoms with Gasteiger partial charge in [0.2, 0.25) is 0 Å². The highest BCUT2D eigenvalue weighted by Gasteiger charge is 2.11. The van der Waals surface area contributed by atoms with Gasteiger partial charge in [0.15, 0.2) is 0 Å². The van der Waals surface area contributed by atoms with E-state index in [1.54, 1.807) is 0 Å². The van der Waals surface area contributed by atoms with Crippen LogP contribution >= 0.6 is 0 Å². The maximum absolute atomic E-state index is 4.40. The molecule has 1 aromatic rings. The van der Waals surface area contributed by atoms with Gasteiger partial charge in [0.25, 0.3) is 0 Å². The third-order valence-corrected chi connectivity index (χ3v) is 2.64. The molecule has 0 atom stereocenters. The Morgan fingerprint density at radius 1 is 1.36 bits per heavy atom. The van der Waals surface area contributed by atoms with Gasteiger partial charge in [0, 0.05) is 38.9 Å². The first kappa shape index (κ1) is 9.62. The monoisotopic (exact) mass is 190 g/mol. The molecule has 1 saturated heterocycles. The minimum absolute atomic E-state index is 0.974. The second-order valence-electron chi connectivity index (χ2n) is 3.71. The predicted octanol–water partition coefficient (Wildman–Crippen LogP) is 0.810. The van der Waals surface area contributed by atoms with Crippen LogP contribution in [0, 0.1) is 6.92 Å². The standard InChI is InChI=1S/C11H16N3/c1-10-3-2-4-13-11(10)9-14-7-5-12-6-8-14/h2-4H,5-9H2,1H3. The van der Waals surface area contributed by atoms with Crippen molar-refractivity contribution in [2.45, 2.75) is 13.5 Å². The first-order valence-electron chi connectivity index (χ1n) is 5.12. The molecule has 2 heterocycles. The Morgan fingerprint density at radius 2 is 2.14 bits per heavy atom. The lowest BCUT2D eigenvalue weighted by Gasteiger charge is -2.26. The second kappa shape index (κ2) is 4.53. The molecule has 0 unspecified atom stereocenters. The molecule has 0 bridgehead atoms. The molecule has 0 aliphatic carbocycles.